The van der Waals surface area contributed by atoms with Crippen molar-refractivity contribution >= 4 is 38.9 Å². The Bertz CT molecular complexity index is 1180. The molecule has 10 nitrogen and oxygen atoms in total. The highest BCUT2D eigenvalue weighted by Gasteiger charge is 2.33. The fourth-order valence-electron chi connectivity index (χ4n) is 3.79. The largest absolute Gasteiger partial charge is 0.490 e. The normalized spacial score (nSPS) is 17.2. The summed E-state index contributed by atoms with van der Waals surface area (Å²) < 4.78 is 38.7. The summed E-state index contributed by atoms with van der Waals surface area (Å²) in [4.78, 5) is 23.2. The summed E-state index contributed by atoms with van der Waals surface area (Å²) in [5.41, 5.74) is -0.0381. The molecule has 2 aromatic carbocycles. The lowest BCUT2D eigenvalue weighted by molar-refractivity contribution is -0.384. The Labute approximate surface area is 195 Å². The van der Waals surface area contributed by atoms with Crippen LogP contribution in [0.2, 0.25) is 5.02 Å². The van der Waals surface area contributed by atoms with E-state index in [0.717, 1.165) is 6.42 Å². The molecule has 2 aliphatic rings. The number of nitrogens with zero attached hydrogens (tertiary/aromatic N) is 2. The number of carbonyl (C=O) groups is 1. The van der Waals surface area contributed by atoms with Crippen LogP contribution in [0.4, 0.5) is 11.4 Å². The third-order valence-corrected chi connectivity index (χ3v) is 7.81. The van der Waals surface area contributed by atoms with E-state index in [1.807, 2.05) is 0 Å². The molecule has 33 heavy (non-hydrogen) atoms. The highest BCUT2D eigenvalue weighted by molar-refractivity contribution is 7.89. The SMILES string of the molecule is O=C(Nc1ccc(Cl)c([N+](=O)[O-])c1)C1CCN(S(=O)(=O)c2ccc3c(c2)OCCCO3)CC1. The zero-order valence-corrected chi connectivity index (χ0v) is 19.1. The van der Waals surface area contributed by atoms with Crippen molar-refractivity contribution in [2.24, 2.45) is 5.92 Å². The minimum atomic E-state index is -3.76. The number of nitro groups is 1. The number of halogens is 1. The smallest absolute Gasteiger partial charge is 0.289 e. The number of fused-ring (bicyclic) bond motifs is 1. The second-order valence-corrected chi connectivity index (χ2v) is 10.1. The van der Waals surface area contributed by atoms with Gasteiger partial charge in [-0.05, 0) is 37.1 Å². The van der Waals surface area contributed by atoms with Gasteiger partial charge in [0.15, 0.2) is 11.5 Å². The molecule has 4 rings (SSSR count). The van der Waals surface area contributed by atoms with Gasteiger partial charge >= 0.3 is 0 Å². The van der Waals surface area contributed by atoms with Crippen molar-refractivity contribution in [3.05, 3.63) is 51.5 Å². The lowest BCUT2D eigenvalue weighted by Crippen LogP contribution is -2.41. The molecule has 2 aromatic rings. The van der Waals surface area contributed by atoms with Gasteiger partial charge in [0, 0.05) is 43.2 Å². The van der Waals surface area contributed by atoms with Gasteiger partial charge in [-0.25, -0.2) is 8.42 Å². The van der Waals surface area contributed by atoms with Crippen LogP contribution in [0, 0.1) is 16.0 Å². The van der Waals surface area contributed by atoms with E-state index in [-0.39, 0.29) is 40.3 Å². The van der Waals surface area contributed by atoms with Gasteiger partial charge in [0.1, 0.15) is 5.02 Å². The first-order valence-corrected chi connectivity index (χ1v) is 12.2. The van der Waals surface area contributed by atoms with Crippen LogP contribution in [0.5, 0.6) is 11.5 Å². The molecule has 0 radical (unpaired) electrons. The number of rotatable bonds is 5. The minimum Gasteiger partial charge on any atom is -0.490 e. The molecule has 1 N–H and O–H groups in total. The zero-order valence-electron chi connectivity index (χ0n) is 17.5. The first kappa shape index (κ1) is 23.3. The molecule has 0 aromatic heterocycles. The predicted octanol–water partition coefficient (Wildman–Crippen LogP) is 3.45. The number of piperidine rings is 1. The van der Waals surface area contributed by atoms with E-state index in [4.69, 9.17) is 21.1 Å². The number of sulfonamides is 1. The topological polar surface area (TPSA) is 128 Å². The number of carbonyl (C=O) groups excluding carboxylic acids is 1. The Hall–Kier alpha value is -2.89. The molecule has 2 heterocycles. The van der Waals surface area contributed by atoms with E-state index in [1.165, 1.54) is 34.6 Å². The first-order chi connectivity index (χ1) is 15.8. The van der Waals surface area contributed by atoms with Crippen LogP contribution in [-0.4, -0.2) is 49.9 Å². The molecule has 0 saturated carbocycles. The van der Waals surface area contributed by atoms with E-state index in [1.54, 1.807) is 6.07 Å². The van der Waals surface area contributed by atoms with Gasteiger partial charge in [0.05, 0.1) is 23.0 Å². The molecule has 12 heteroatoms. The molecule has 0 aliphatic carbocycles. The Morgan fingerprint density at radius 1 is 1.09 bits per heavy atom. The Morgan fingerprint density at radius 3 is 2.48 bits per heavy atom. The van der Waals surface area contributed by atoms with Crippen molar-refractivity contribution in [3.8, 4) is 11.5 Å². The van der Waals surface area contributed by atoms with Crippen LogP contribution >= 0.6 is 11.6 Å². The molecule has 0 unspecified atom stereocenters. The highest BCUT2D eigenvalue weighted by atomic mass is 35.5. The van der Waals surface area contributed by atoms with Gasteiger partial charge in [-0.2, -0.15) is 4.31 Å². The number of ether oxygens (including phenoxy) is 2. The van der Waals surface area contributed by atoms with Crippen molar-refractivity contribution in [2.75, 3.05) is 31.6 Å². The molecule has 2 aliphatic heterocycles. The average Bonchev–Trinajstić information content (AvgIpc) is 3.05. The van der Waals surface area contributed by atoms with Crippen molar-refractivity contribution in [3.63, 3.8) is 0 Å². The van der Waals surface area contributed by atoms with Crippen LogP contribution in [0.25, 0.3) is 0 Å². The van der Waals surface area contributed by atoms with E-state index in [2.05, 4.69) is 5.32 Å². The molecule has 0 bridgehead atoms. The molecular formula is C21H22ClN3O7S. The van der Waals surface area contributed by atoms with Crippen molar-refractivity contribution in [1.82, 2.24) is 4.31 Å². The number of nitro benzene ring substituents is 1. The fraction of sp³-hybridized carbons (Fsp3) is 0.381. The number of hydrogen-bond donors (Lipinski definition) is 1. The summed E-state index contributed by atoms with van der Waals surface area (Å²) in [6.45, 7) is 1.32. The van der Waals surface area contributed by atoms with Crippen molar-refractivity contribution in [1.29, 1.82) is 0 Å². The minimum absolute atomic E-state index is 0.0220. The Balaban J connectivity index is 1.40. The summed E-state index contributed by atoms with van der Waals surface area (Å²) >= 11 is 5.80. The number of amides is 1. The van der Waals surface area contributed by atoms with Gasteiger partial charge in [0.2, 0.25) is 15.9 Å². The maximum atomic E-state index is 13.1. The molecule has 176 valence electrons. The Morgan fingerprint density at radius 2 is 1.79 bits per heavy atom. The molecule has 1 amide bonds. The van der Waals surface area contributed by atoms with Crippen LogP contribution in [0.3, 0.4) is 0 Å². The van der Waals surface area contributed by atoms with Crippen molar-refractivity contribution < 1.29 is 27.6 Å². The van der Waals surface area contributed by atoms with E-state index >= 15 is 0 Å². The van der Waals surface area contributed by atoms with E-state index in [9.17, 15) is 23.3 Å². The van der Waals surface area contributed by atoms with Crippen LogP contribution in [0.1, 0.15) is 19.3 Å². The molecule has 1 saturated heterocycles. The predicted molar refractivity (Wildman–Crippen MR) is 120 cm³/mol. The van der Waals surface area contributed by atoms with E-state index in [0.29, 0.717) is 37.6 Å². The number of anilines is 1. The first-order valence-electron chi connectivity index (χ1n) is 10.4. The summed E-state index contributed by atoms with van der Waals surface area (Å²) in [6, 6.07) is 8.59. The van der Waals surface area contributed by atoms with Gasteiger partial charge in [-0.1, -0.05) is 11.6 Å². The van der Waals surface area contributed by atoms with Crippen LogP contribution in [0.15, 0.2) is 41.3 Å². The van der Waals surface area contributed by atoms with Gasteiger partial charge in [-0.3, -0.25) is 14.9 Å². The lowest BCUT2D eigenvalue weighted by atomic mass is 9.97. The fourth-order valence-corrected chi connectivity index (χ4v) is 5.46. The third kappa shape index (κ3) is 5.05. The summed E-state index contributed by atoms with van der Waals surface area (Å²) in [7, 11) is -3.76. The quantitative estimate of drug-likeness (QED) is 0.497. The van der Waals surface area contributed by atoms with Crippen molar-refractivity contribution in [2.45, 2.75) is 24.2 Å². The number of nitrogens with one attached hydrogen (secondary N) is 1. The molecule has 1 fully saturated rings. The summed E-state index contributed by atoms with van der Waals surface area (Å²) in [5, 5.41) is 13.7. The second-order valence-electron chi connectivity index (χ2n) is 7.75. The monoisotopic (exact) mass is 495 g/mol. The lowest BCUT2D eigenvalue weighted by Gasteiger charge is -2.30. The molecule has 0 spiro atoms. The van der Waals surface area contributed by atoms with Crippen LogP contribution in [-0.2, 0) is 14.8 Å². The number of benzene rings is 2. The standard InChI is InChI=1S/C21H22ClN3O7S/c22-17-4-2-15(12-18(17)25(27)28)23-21(26)14-6-8-24(9-7-14)33(29,30)16-3-5-19-20(13-16)32-11-1-10-31-19/h2-5,12-14H,1,6-11H2,(H,23,26). The van der Waals surface area contributed by atoms with Gasteiger partial charge in [-0.15, -0.1) is 0 Å². The van der Waals surface area contributed by atoms with Crippen LogP contribution < -0.4 is 14.8 Å². The Kier molecular flexibility index (Phi) is 6.73. The maximum Gasteiger partial charge on any atom is 0.289 e. The molecular weight excluding hydrogens is 474 g/mol. The maximum absolute atomic E-state index is 13.1. The van der Waals surface area contributed by atoms with Gasteiger partial charge < -0.3 is 14.8 Å². The number of hydrogen-bond acceptors (Lipinski definition) is 7. The summed E-state index contributed by atoms with van der Waals surface area (Å²) in [5.74, 6) is 0.179. The zero-order chi connectivity index (χ0) is 23.6. The average molecular weight is 496 g/mol. The molecule has 0 atom stereocenters. The summed E-state index contributed by atoms with van der Waals surface area (Å²) in [6.07, 6.45) is 1.37. The van der Waals surface area contributed by atoms with Gasteiger partial charge in [0.25, 0.3) is 5.69 Å². The highest BCUT2D eigenvalue weighted by Crippen LogP contribution is 2.34. The third-order valence-electron chi connectivity index (χ3n) is 5.59. The van der Waals surface area contributed by atoms with E-state index < -0.39 is 20.9 Å². The second kappa shape index (κ2) is 9.54.